The molecular weight excluding hydrogens is 372 g/mol. The quantitative estimate of drug-likeness (QED) is 0.730. The van der Waals surface area contributed by atoms with Gasteiger partial charge in [-0.25, -0.2) is 8.42 Å². The van der Waals surface area contributed by atoms with Gasteiger partial charge in [-0.1, -0.05) is 30.3 Å². The molecule has 1 N–H and O–H groups in total. The summed E-state index contributed by atoms with van der Waals surface area (Å²) in [5.41, 5.74) is 1.22. The smallest absolute Gasteiger partial charge is 0.262 e. The Kier molecular flexibility index (Phi) is 6.42. The molecule has 2 aromatic rings. The van der Waals surface area contributed by atoms with E-state index in [1.54, 1.807) is 5.38 Å². The predicted octanol–water partition coefficient (Wildman–Crippen LogP) is 2.13. The lowest BCUT2D eigenvalue weighted by Gasteiger charge is -2.26. The molecule has 0 aliphatic carbocycles. The number of ether oxygens (including phenoxy) is 1. The maximum atomic E-state index is 12.8. The highest BCUT2D eigenvalue weighted by molar-refractivity contribution is 7.89. The number of hydrogen-bond acceptors (Lipinski definition) is 5. The molecule has 1 aromatic carbocycles. The molecule has 0 saturated carbocycles. The highest BCUT2D eigenvalue weighted by atomic mass is 32.2. The minimum Gasteiger partial charge on any atom is -0.379 e. The number of hydrogen-bond donors (Lipinski definition) is 1. The van der Waals surface area contributed by atoms with Crippen molar-refractivity contribution in [1.29, 1.82) is 0 Å². The second-order valence-electron chi connectivity index (χ2n) is 5.98. The molecule has 1 saturated heterocycles. The molecule has 140 valence electrons. The van der Waals surface area contributed by atoms with Crippen molar-refractivity contribution in [2.24, 2.45) is 0 Å². The molecule has 6 nitrogen and oxygen atoms in total. The van der Waals surface area contributed by atoms with Crippen molar-refractivity contribution < 1.29 is 17.9 Å². The number of thiophene rings is 1. The standard InChI is InChI=1S/C18H22N2O4S2/c21-18(19-9-4-7-15-5-2-1-3-6-15)17-16(8-14-25-17)26(22,23)20-10-12-24-13-11-20/h1-3,5-6,8,14H,4,7,9-13H2,(H,19,21). The summed E-state index contributed by atoms with van der Waals surface area (Å²) >= 11 is 1.15. The van der Waals surface area contributed by atoms with Crippen LogP contribution >= 0.6 is 11.3 Å². The van der Waals surface area contributed by atoms with Crippen LogP contribution in [0, 0.1) is 0 Å². The van der Waals surface area contributed by atoms with Crippen molar-refractivity contribution in [2.75, 3.05) is 32.8 Å². The van der Waals surface area contributed by atoms with Crippen molar-refractivity contribution in [1.82, 2.24) is 9.62 Å². The summed E-state index contributed by atoms with van der Waals surface area (Å²) in [6.07, 6.45) is 1.66. The van der Waals surface area contributed by atoms with E-state index in [0.717, 1.165) is 24.2 Å². The fraction of sp³-hybridized carbons (Fsp3) is 0.389. The summed E-state index contributed by atoms with van der Waals surface area (Å²) < 4.78 is 32.2. The summed E-state index contributed by atoms with van der Waals surface area (Å²) in [6, 6.07) is 11.6. The second kappa shape index (κ2) is 8.77. The lowest BCUT2D eigenvalue weighted by Crippen LogP contribution is -2.41. The molecule has 26 heavy (non-hydrogen) atoms. The van der Waals surface area contributed by atoms with Crippen LogP contribution in [0.5, 0.6) is 0 Å². The molecule has 0 unspecified atom stereocenters. The number of benzene rings is 1. The summed E-state index contributed by atoms with van der Waals surface area (Å²) in [7, 11) is -3.67. The fourth-order valence-corrected chi connectivity index (χ4v) is 5.54. The van der Waals surface area contributed by atoms with Gasteiger partial charge in [-0.3, -0.25) is 4.79 Å². The zero-order valence-electron chi connectivity index (χ0n) is 14.4. The van der Waals surface area contributed by atoms with E-state index in [1.165, 1.54) is 15.9 Å². The lowest BCUT2D eigenvalue weighted by atomic mass is 10.1. The third-order valence-corrected chi connectivity index (χ3v) is 7.18. The van der Waals surface area contributed by atoms with E-state index < -0.39 is 10.0 Å². The van der Waals surface area contributed by atoms with Crippen LogP contribution in [-0.4, -0.2) is 51.5 Å². The van der Waals surface area contributed by atoms with Gasteiger partial charge in [-0.2, -0.15) is 4.31 Å². The minimum absolute atomic E-state index is 0.0879. The average Bonchev–Trinajstić information content (AvgIpc) is 3.17. The largest absolute Gasteiger partial charge is 0.379 e. The number of morpholine rings is 1. The molecule has 3 rings (SSSR count). The lowest BCUT2D eigenvalue weighted by molar-refractivity contribution is 0.0730. The zero-order valence-corrected chi connectivity index (χ0v) is 16.0. The van der Waals surface area contributed by atoms with Gasteiger partial charge in [-0.15, -0.1) is 11.3 Å². The molecule has 1 fully saturated rings. The van der Waals surface area contributed by atoms with Gasteiger partial charge >= 0.3 is 0 Å². The highest BCUT2D eigenvalue weighted by Crippen LogP contribution is 2.25. The third kappa shape index (κ3) is 4.50. The Morgan fingerprint density at radius 3 is 2.62 bits per heavy atom. The molecule has 0 radical (unpaired) electrons. The predicted molar refractivity (Wildman–Crippen MR) is 101 cm³/mol. The van der Waals surface area contributed by atoms with Crippen molar-refractivity contribution in [3.8, 4) is 0 Å². The molecular formula is C18H22N2O4S2. The van der Waals surface area contributed by atoms with E-state index >= 15 is 0 Å². The monoisotopic (exact) mass is 394 g/mol. The summed E-state index contributed by atoms with van der Waals surface area (Å²) in [6.45, 7) is 1.89. The van der Waals surface area contributed by atoms with Crippen LogP contribution in [0.25, 0.3) is 0 Å². The second-order valence-corrected chi connectivity index (χ2v) is 8.80. The topological polar surface area (TPSA) is 75.7 Å². The Bertz CT molecular complexity index is 828. The number of sulfonamides is 1. The Morgan fingerprint density at radius 2 is 1.88 bits per heavy atom. The minimum atomic E-state index is -3.67. The van der Waals surface area contributed by atoms with E-state index in [-0.39, 0.29) is 15.7 Å². The normalized spacial score (nSPS) is 15.7. The van der Waals surface area contributed by atoms with Crippen molar-refractivity contribution in [3.05, 3.63) is 52.2 Å². The average molecular weight is 395 g/mol. The van der Waals surface area contributed by atoms with E-state index in [1.807, 2.05) is 30.3 Å². The molecule has 1 aliphatic rings. The highest BCUT2D eigenvalue weighted by Gasteiger charge is 2.31. The molecule has 1 aliphatic heterocycles. The number of carbonyl (C=O) groups excluding carboxylic acids is 1. The van der Waals surface area contributed by atoms with E-state index in [4.69, 9.17) is 4.74 Å². The van der Waals surface area contributed by atoms with Crippen LogP contribution in [0.1, 0.15) is 21.7 Å². The van der Waals surface area contributed by atoms with Gasteiger partial charge in [0.1, 0.15) is 9.77 Å². The molecule has 1 aromatic heterocycles. The number of aryl methyl sites for hydroxylation is 1. The van der Waals surface area contributed by atoms with Crippen molar-refractivity contribution >= 4 is 27.3 Å². The van der Waals surface area contributed by atoms with Gasteiger partial charge < -0.3 is 10.1 Å². The van der Waals surface area contributed by atoms with Crippen molar-refractivity contribution in [3.63, 3.8) is 0 Å². The van der Waals surface area contributed by atoms with Crippen LogP contribution < -0.4 is 5.32 Å². The summed E-state index contributed by atoms with van der Waals surface area (Å²) in [5, 5.41) is 4.48. The molecule has 8 heteroatoms. The third-order valence-electron chi connectivity index (χ3n) is 4.19. The Hall–Kier alpha value is -1.74. The Morgan fingerprint density at radius 1 is 1.15 bits per heavy atom. The molecule has 2 heterocycles. The number of nitrogens with one attached hydrogen (secondary N) is 1. The van der Waals surface area contributed by atoms with E-state index in [0.29, 0.717) is 32.8 Å². The first-order valence-electron chi connectivity index (χ1n) is 8.56. The number of carbonyl (C=O) groups is 1. The number of nitrogens with zero attached hydrogens (tertiary/aromatic N) is 1. The van der Waals surface area contributed by atoms with Gasteiger partial charge in [0.25, 0.3) is 5.91 Å². The van der Waals surface area contributed by atoms with Gasteiger partial charge in [-0.05, 0) is 29.9 Å². The van der Waals surface area contributed by atoms with Gasteiger partial charge in [0, 0.05) is 19.6 Å². The maximum Gasteiger partial charge on any atom is 0.262 e. The Balaban J connectivity index is 1.59. The van der Waals surface area contributed by atoms with Crippen molar-refractivity contribution in [2.45, 2.75) is 17.7 Å². The van der Waals surface area contributed by atoms with E-state index in [9.17, 15) is 13.2 Å². The van der Waals surface area contributed by atoms with Crippen LogP contribution in [-0.2, 0) is 21.2 Å². The number of rotatable bonds is 7. The summed E-state index contributed by atoms with van der Waals surface area (Å²) in [4.78, 5) is 12.8. The fourth-order valence-electron chi connectivity index (χ4n) is 2.81. The first kappa shape index (κ1) is 19.0. The SMILES string of the molecule is O=C(NCCCc1ccccc1)c1sccc1S(=O)(=O)N1CCOCC1. The molecule has 0 atom stereocenters. The number of amides is 1. The first-order chi connectivity index (χ1) is 12.6. The van der Waals surface area contributed by atoms with E-state index in [2.05, 4.69) is 5.32 Å². The molecule has 0 spiro atoms. The molecule has 0 bridgehead atoms. The zero-order chi connectivity index (χ0) is 18.4. The van der Waals surface area contributed by atoms with Gasteiger partial charge in [0.15, 0.2) is 0 Å². The summed E-state index contributed by atoms with van der Waals surface area (Å²) in [5.74, 6) is -0.333. The van der Waals surface area contributed by atoms with Crippen LogP contribution in [0.2, 0.25) is 0 Å². The first-order valence-corrected chi connectivity index (χ1v) is 10.9. The Labute approximate surface area is 157 Å². The maximum absolute atomic E-state index is 12.8. The molecule has 1 amide bonds. The van der Waals surface area contributed by atoms with Gasteiger partial charge in [0.2, 0.25) is 10.0 Å². The van der Waals surface area contributed by atoms with Crippen LogP contribution in [0.15, 0.2) is 46.7 Å². The van der Waals surface area contributed by atoms with Crippen LogP contribution in [0.3, 0.4) is 0 Å². The van der Waals surface area contributed by atoms with Crippen LogP contribution in [0.4, 0.5) is 0 Å². The van der Waals surface area contributed by atoms with Gasteiger partial charge in [0.05, 0.1) is 13.2 Å².